The minimum Gasteiger partial charge on any atom is -0.497 e. The topological polar surface area (TPSA) is 237 Å². The zero-order chi connectivity index (χ0) is 41.4. The van der Waals surface area contributed by atoms with Gasteiger partial charge in [-0.1, -0.05) is 38.2 Å². The number of amides is 5. The van der Waals surface area contributed by atoms with Gasteiger partial charge in [-0.15, -0.1) is 16.8 Å². The number of nitrogens with one attached hydrogen (secondary N) is 4. The number of methoxy groups -OCH3 is 1. The number of sulfonamides is 1. The minimum absolute atomic E-state index is 0.00561. The Balaban J connectivity index is 1.44. The summed E-state index contributed by atoms with van der Waals surface area (Å²) in [5.74, 6) is -2.76. The lowest BCUT2D eigenvalue weighted by molar-refractivity contribution is -0.143. The van der Waals surface area contributed by atoms with Crippen molar-refractivity contribution in [3.8, 4) is 11.6 Å². The van der Waals surface area contributed by atoms with E-state index in [1.807, 2.05) is 10.8 Å². The minimum atomic E-state index is -4.59. The van der Waals surface area contributed by atoms with Crippen molar-refractivity contribution in [2.45, 2.75) is 95.0 Å². The number of nitrogens with zero attached hydrogens (tertiary/aromatic N) is 4. The maximum Gasteiger partial charge on any atom is 0.408 e. The van der Waals surface area contributed by atoms with Crippen LogP contribution in [0.1, 0.15) is 61.3 Å². The van der Waals surface area contributed by atoms with Crippen molar-refractivity contribution < 1.29 is 46.6 Å². The number of carbonyl (C=O) groups is 5. The summed E-state index contributed by atoms with van der Waals surface area (Å²) in [6.07, 6.45) is 1.30. The van der Waals surface area contributed by atoms with Gasteiger partial charge in [0.05, 0.1) is 13.7 Å². The van der Waals surface area contributed by atoms with Gasteiger partial charge in [0.1, 0.15) is 35.1 Å². The molecule has 1 saturated carbocycles. The van der Waals surface area contributed by atoms with Crippen molar-refractivity contribution in [1.82, 2.24) is 35.4 Å². The second-order valence-corrected chi connectivity index (χ2v) is 18.5. The highest BCUT2D eigenvalue weighted by molar-refractivity contribution is 7.92. The van der Waals surface area contributed by atoms with Crippen LogP contribution in [0.2, 0.25) is 0 Å². The van der Waals surface area contributed by atoms with E-state index >= 15 is 0 Å². The van der Waals surface area contributed by atoms with Crippen LogP contribution in [0.4, 0.5) is 9.93 Å². The quantitative estimate of drug-likeness (QED) is 0.152. The molecule has 3 heterocycles. The van der Waals surface area contributed by atoms with Crippen LogP contribution in [0.25, 0.3) is 10.8 Å². The molecule has 18 nitrogen and oxygen atoms in total. The van der Waals surface area contributed by atoms with E-state index in [2.05, 4.69) is 37.7 Å². The molecule has 4 N–H and O–H groups in total. The molecule has 3 aromatic rings. The largest absolute Gasteiger partial charge is 0.497 e. The molecular formula is C36H46N8O10S2. The fourth-order valence-corrected chi connectivity index (χ4v) is 8.22. The first-order valence-electron chi connectivity index (χ1n) is 17.6. The molecule has 0 unspecified atom stereocenters. The smallest absolute Gasteiger partial charge is 0.408 e. The van der Waals surface area contributed by atoms with E-state index in [0.717, 1.165) is 5.39 Å². The number of pyridine rings is 1. The van der Waals surface area contributed by atoms with E-state index < -0.39 is 84.7 Å². The molecule has 2 fully saturated rings. The molecule has 302 valence electrons. The highest BCUT2D eigenvalue weighted by Gasteiger charge is 2.62. The van der Waals surface area contributed by atoms with Crippen molar-refractivity contribution in [3.63, 3.8) is 0 Å². The Morgan fingerprint density at radius 3 is 2.41 bits per heavy atom. The van der Waals surface area contributed by atoms with Gasteiger partial charge in [-0.05, 0) is 62.3 Å². The Bertz CT molecular complexity index is 2160. The van der Waals surface area contributed by atoms with Gasteiger partial charge < -0.3 is 35.1 Å². The lowest BCUT2D eigenvalue weighted by Crippen LogP contribution is -2.60. The SMILES string of the molecule is C=C[C@@H]1C[C@]1(NC(=O)[C@@H]1C[C@@H](Oc2nccc3cc(OC)ccc23)CN1C(=O)[C@@H](NC(=O)OC(C)(C)C)C(C)(C)C)C(=O)NS(=O)(=O)c1nnc(NC(C)=O)s1. The molecule has 1 saturated heterocycles. The fourth-order valence-electron chi connectivity index (χ4n) is 6.24. The van der Waals surface area contributed by atoms with E-state index in [1.165, 1.54) is 17.9 Å². The molecule has 0 radical (unpaired) electrons. The third-order valence-corrected chi connectivity index (χ3v) is 11.6. The van der Waals surface area contributed by atoms with Gasteiger partial charge in [0.25, 0.3) is 20.3 Å². The maximum atomic E-state index is 14.5. The van der Waals surface area contributed by atoms with E-state index in [9.17, 15) is 32.4 Å². The van der Waals surface area contributed by atoms with Gasteiger partial charge in [0.2, 0.25) is 28.7 Å². The van der Waals surface area contributed by atoms with Crippen molar-refractivity contribution in [3.05, 3.63) is 43.1 Å². The molecule has 2 aromatic heterocycles. The summed E-state index contributed by atoms with van der Waals surface area (Å²) in [4.78, 5) is 72.7. The van der Waals surface area contributed by atoms with E-state index in [4.69, 9.17) is 14.2 Å². The third kappa shape index (κ3) is 9.35. The van der Waals surface area contributed by atoms with Crippen LogP contribution in [-0.4, -0.2) is 101 Å². The number of aromatic nitrogens is 3. The second-order valence-electron chi connectivity index (χ2n) is 15.6. The first-order valence-corrected chi connectivity index (χ1v) is 19.9. The lowest BCUT2D eigenvalue weighted by atomic mass is 9.85. The van der Waals surface area contributed by atoms with Gasteiger partial charge in [0.15, 0.2) is 0 Å². The number of alkyl carbamates (subject to hydrolysis) is 1. The Morgan fingerprint density at radius 2 is 1.80 bits per heavy atom. The molecule has 2 aliphatic rings. The maximum absolute atomic E-state index is 14.5. The molecule has 0 spiro atoms. The monoisotopic (exact) mass is 814 g/mol. The number of anilines is 1. The summed E-state index contributed by atoms with van der Waals surface area (Å²) in [7, 11) is -3.04. The average molecular weight is 815 g/mol. The summed E-state index contributed by atoms with van der Waals surface area (Å²) in [6, 6.07) is 4.70. The molecule has 56 heavy (non-hydrogen) atoms. The molecule has 20 heteroatoms. The van der Waals surface area contributed by atoms with Crippen LogP contribution in [0.3, 0.4) is 0 Å². The lowest BCUT2D eigenvalue weighted by Gasteiger charge is -2.36. The molecule has 5 amide bonds. The first-order chi connectivity index (χ1) is 26.1. The molecule has 5 atom stereocenters. The van der Waals surface area contributed by atoms with Crippen molar-refractivity contribution in [2.75, 3.05) is 19.0 Å². The van der Waals surface area contributed by atoms with E-state index in [1.54, 1.807) is 73.0 Å². The van der Waals surface area contributed by atoms with Crippen LogP contribution in [0.15, 0.2) is 47.5 Å². The van der Waals surface area contributed by atoms with Crippen LogP contribution >= 0.6 is 11.3 Å². The number of hydrogen-bond acceptors (Lipinski definition) is 14. The van der Waals surface area contributed by atoms with Crippen molar-refractivity contribution in [2.24, 2.45) is 11.3 Å². The van der Waals surface area contributed by atoms with Crippen LogP contribution in [0, 0.1) is 11.3 Å². The summed E-state index contributed by atoms with van der Waals surface area (Å²) in [6.45, 7) is 15.1. The molecule has 0 bridgehead atoms. The van der Waals surface area contributed by atoms with Gasteiger partial charge >= 0.3 is 6.09 Å². The molecule has 1 aliphatic heterocycles. The van der Waals surface area contributed by atoms with Gasteiger partial charge in [-0.2, -0.15) is 8.42 Å². The average Bonchev–Trinajstić information content (AvgIpc) is 3.37. The summed E-state index contributed by atoms with van der Waals surface area (Å²) in [5.41, 5.74) is -3.48. The Hall–Kier alpha value is -5.37. The predicted molar refractivity (Wildman–Crippen MR) is 204 cm³/mol. The second kappa shape index (κ2) is 15.6. The van der Waals surface area contributed by atoms with Crippen molar-refractivity contribution >= 4 is 67.0 Å². The predicted octanol–water partition coefficient (Wildman–Crippen LogP) is 2.91. The van der Waals surface area contributed by atoms with E-state index in [-0.39, 0.29) is 30.4 Å². The summed E-state index contributed by atoms with van der Waals surface area (Å²) >= 11 is 0.528. The van der Waals surface area contributed by atoms with Crippen molar-refractivity contribution in [1.29, 1.82) is 0 Å². The zero-order valence-electron chi connectivity index (χ0n) is 32.3. The van der Waals surface area contributed by atoms with Crippen LogP contribution < -0.4 is 30.1 Å². The highest BCUT2D eigenvalue weighted by Crippen LogP contribution is 2.45. The number of fused-ring (bicyclic) bond motifs is 1. The number of ether oxygens (including phenoxy) is 3. The Kier molecular flexibility index (Phi) is 11.7. The third-order valence-electron chi connectivity index (χ3n) is 9.03. The highest BCUT2D eigenvalue weighted by atomic mass is 32.2. The molecule has 1 aromatic carbocycles. The fraction of sp³-hybridized carbons (Fsp3) is 0.500. The van der Waals surface area contributed by atoms with Gasteiger partial charge in [-0.25, -0.2) is 14.5 Å². The molecular weight excluding hydrogens is 769 g/mol. The number of carbonyl (C=O) groups excluding carboxylic acids is 5. The number of likely N-dealkylation sites (tertiary alicyclic amines) is 1. The molecule has 1 aliphatic carbocycles. The molecule has 5 rings (SSSR count). The zero-order valence-corrected chi connectivity index (χ0v) is 33.9. The van der Waals surface area contributed by atoms with E-state index in [0.29, 0.717) is 22.5 Å². The summed E-state index contributed by atoms with van der Waals surface area (Å²) < 4.78 is 44.9. The number of rotatable bonds is 12. The summed E-state index contributed by atoms with van der Waals surface area (Å²) in [5, 5.41) is 16.2. The normalized spacial score (nSPS) is 21.4. The van der Waals surface area contributed by atoms with Gasteiger partial charge in [-0.3, -0.25) is 19.2 Å². The Morgan fingerprint density at radius 1 is 1.09 bits per heavy atom. The van der Waals surface area contributed by atoms with Gasteiger partial charge in [0, 0.05) is 30.8 Å². The standard InChI is InChI=1S/C36H46N8O10S2/c1-10-21-17-36(21,30(48)43-56(50,51)33-42-41-31(55-33)38-19(2)45)40-27(46)25-16-23(53-28-24-12-11-22(52-9)15-20(24)13-14-37-28)18-44(25)29(47)26(34(3,4)5)39-32(49)54-35(6,7)8/h10-15,21,23,25-26H,1,16-18H2,2-9H3,(H,39,49)(H,40,46)(H,43,48)(H,38,41,45)/t21-,23-,25+,26-,36-/m1/s1. The number of benzene rings is 1. The number of hydrogen-bond donors (Lipinski definition) is 4. The Labute approximate surface area is 328 Å². The first kappa shape index (κ1) is 41.8. The van der Waals surface area contributed by atoms with Crippen LogP contribution in [-0.2, 0) is 33.9 Å². The van der Waals surface area contributed by atoms with Crippen LogP contribution in [0.5, 0.6) is 11.6 Å².